The molecule has 0 radical (unpaired) electrons. The van der Waals surface area contributed by atoms with E-state index in [1.807, 2.05) is 0 Å². The lowest BCUT2D eigenvalue weighted by atomic mass is 9.89. The van der Waals surface area contributed by atoms with Crippen LogP contribution in [0.1, 0.15) is 13.3 Å². The van der Waals surface area contributed by atoms with Gasteiger partial charge in [-0.3, -0.25) is 4.74 Å². The first-order valence-corrected chi connectivity index (χ1v) is 3.87. The van der Waals surface area contributed by atoms with Gasteiger partial charge in [0.25, 0.3) is 11.8 Å². The maximum Gasteiger partial charge on any atom is 0.362 e. The summed E-state index contributed by atoms with van der Waals surface area (Å²) >= 11 is 0. The Labute approximate surface area is 80.2 Å². The third-order valence-corrected chi connectivity index (χ3v) is 2.22. The van der Waals surface area contributed by atoms with E-state index in [-0.39, 0.29) is 6.92 Å². The van der Waals surface area contributed by atoms with Crippen molar-refractivity contribution in [2.45, 2.75) is 36.9 Å². The van der Waals surface area contributed by atoms with Crippen molar-refractivity contribution in [3.05, 3.63) is 0 Å². The molecule has 8 heteroatoms. The molecule has 0 aliphatic carbocycles. The Kier molecular flexibility index (Phi) is 2.50. The predicted octanol–water partition coefficient (Wildman–Crippen LogP) is 3.00. The molecule has 0 bridgehead atoms. The summed E-state index contributed by atoms with van der Waals surface area (Å²) in [5.41, 5.74) is -4.38. The Balaban J connectivity index is 3.18. The molecule has 0 N–H and O–H groups in total. The molecule has 15 heavy (non-hydrogen) atoms. The second kappa shape index (κ2) is 2.99. The van der Waals surface area contributed by atoms with Gasteiger partial charge in [0, 0.05) is 6.92 Å². The van der Waals surface area contributed by atoms with Crippen molar-refractivity contribution < 1.29 is 35.5 Å². The maximum atomic E-state index is 13.4. The Morgan fingerprint density at radius 3 is 1.93 bits per heavy atom. The van der Waals surface area contributed by atoms with Crippen molar-refractivity contribution in [1.82, 2.24) is 0 Å². The summed E-state index contributed by atoms with van der Waals surface area (Å²) in [6.45, 7) is -2.52. The van der Waals surface area contributed by atoms with Gasteiger partial charge in [-0.25, -0.2) is 22.0 Å². The number of hydrogen-bond acceptors (Lipinski definition) is 1. The van der Waals surface area contributed by atoms with E-state index in [0.29, 0.717) is 0 Å². The molecule has 1 aliphatic heterocycles. The molecule has 0 aromatic heterocycles. The number of ether oxygens (including phenoxy) is 1. The molecular formula is C7H7F7O. The zero-order valence-corrected chi connectivity index (χ0v) is 7.47. The molecule has 0 aromatic rings. The lowest BCUT2D eigenvalue weighted by molar-refractivity contribution is -0.313. The average molecular weight is 240 g/mol. The normalized spacial score (nSPS) is 40.8. The summed E-state index contributed by atoms with van der Waals surface area (Å²) in [6.07, 6.45) is -6.67. The lowest BCUT2D eigenvalue weighted by Gasteiger charge is -2.32. The second-order valence-electron chi connectivity index (χ2n) is 3.47. The van der Waals surface area contributed by atoms with E-state index in [9.17, 15) is 30.7 Å². The van der Waals surface area contributed by atoms with Crippen LogP contribution in [-0.2, 0) is 4.74 Å². The fraction of sp³-hybridized carbons (Fsp3) is 1.00. The molecule has 1 aliphatic rings. The third kappa shape index (κ3) is 1.68. The first-order valence-electron chi connectivity index (χ1n) is 3.87. The van der Waals surface area contributed by atoms with E-state index in [0.717, 1.165) is 0 Å². The molecule has 0 aromatic carbocycles. The largest absolute Gasteiger partial charge is 0.362 e. The van der Waals surface area contributed by atoms with Crippen LogP contribution in [0.25, 0.3) is 0 Å². The fourth-order valence-electron chi connectivity index (χ4n) is 1.39. The fourth-order valence-corrected chi connectivity index (χ4v) is 1.39. The highest BCUT2D eigenvalue weighted by Crippen LogP contribution is 2.56. The highest BCUT2D eigenvalue weighted by Gasteiger charge is 2.77. The Morgan fingerprint density at radius 1 is 1.20 bits per heavy atom. The summed E-state index contributed by atoms with van der Waals surface area (Å²) < 4.78 is 91.9. The number of rotatable bonds is 2. The first-order chi connectivity index (χ1) is 6.47. The smallest absolute Gasteiger partial charge is 0.277 e. The third-order valence-electron chi connectivity index (χ3n) is 2.22. The highest BCUT2D eigenvalue weighted by molar-refractivity contribution is 5.08. The molecule has 1 heterocycles. The van der Waals surface area contributed by atoms with Crippen molar-refractivity contribution >= 4 is 0 Å². The summed E-state index contributed by atoms with van der Waals surface area (Å²) in [6, 6.07) is 0. The van der Waals surface area contributed by atoms with Crippen molar-refractivity contribution in [3.63, 3.8) is 0 Å². The van der Waals surface area contributed by atoms with Gasteiger partial charge in [0.05, 0.1) is 6.42 Å². The molecule has 2 atom stereocenters. The lowest BCUT2D eigenvalue weighted by Crippen LogP contribution is -2.56. The van der Waals surface area contributed by atoms with Crippen LogP contribution < -0.4 is 0 Å². The van der Waals surface area contributed by atoms with Crippen molar-refractivity contribution in [2.75, 3.05) is 6.67 Å². The Morgan fingerprint density at radius 2 is 1.67 bits per heavy atom. The van der Waals surface area contributed by atoms with E-state index in [1.54, 1.807) is 0 Å². The molecule has 2 unspecified atom stereocenters. The maximum absolute atomic E-state index is 13.4. The zero-order valence-electron chi connectivity index (χ0n) is 7.47. The van der Waals surface area contributed by atoms with E-state index in [1.165, 1.54) is 0 Å². The first kappa shape index (κ1) is 12.5. The predicted molar refractivity (Wildman–Crippen MR) is 34.9 cm³/mol. The summed E-state index contributed by atoms with van der Waals surface area (Å²) in [5.74, 6) is -8.80. The van der Waals surface area contributed by atoms with Crippen LogP contribution >= 0.6 is 0 Å². The molecule has 1 saturated heterocycles. The SMILES string of the molecule is CC(F)(F)C1(F)CC(F)(F)OC1(F)CF. The van der Waals surface area contributed by atoms with Crippen molar-refractivity contribution in [2.24, 2.45) is 0 Å². The monoisotopic (exact) mass is 240 g/mol. The summed E-state index contributed by atoms with van der Waals surface area (Å²) in [5, 5.41) is 0. The van der Waals surface area contributed by atoms with Gasteiger partial charge in [0.15, 0.2) is 6.67 Å². The van der Waals surface area contributed by atoms with Crippen LogP contribution in [0.4, 0.5) is 30.7 Å². The highest BCUT2D eigenvalue weighted by atomic mass is 19.3. The van der Waals surface area contributed by atoms with Crippen molar-refractivity contribution in [1.29, 1.82) is 0 Å². The molecule has 0 spiro atoms. The van der Waals surface area contributed by atoms with Gasteiger partial charge in [0.1, 0.15) is 0 Å². The second-order valence-corrected chi connectivity index (χ2v) is 3.47. The summed E-state index contributed by atoms with van der Waals surface area (Å²) in [7, 11) is 0. The molecular weight excluding hydrogens is 233 g/mol. The molecule has 0 saturated carbocycles. The molecule has 90 valence electrons. The number of alkyl halides is 7. The summed E-state index contributed by atoms with van der Waals surface area (Å²) in [4.78, 5) is 0. The Bertz CT molecular complexity index is 263. The zero-order chi connectivity index (χ0) is 12.1. The Hall–Kier alpha value is -0.530. The van der Waals surface area contributed by atoms with Crippen LogP contribution in [0.5, 0.6) is 0 Å². The van der Waals surface area contributed by atoms with E-state index < -0.39 is 36.7 Å². The van der Waals surface area contributed by atoms with Crippen LogP contribution in [0.2, 0.25) is 0 Å². The molecule has 1 nitrogen and oxygen atoms in total. The van der Waals surface area contributed by atoms with Crippen LogP contribution in [0.3, 0.4) is 0 Å². The standard InChI is InChI=1S/C7H7F7O/c1-4(9,10)5(11)2-7(13,14)15-6(5,12)3-8/h2-3H2,1H3. The minimum Gasteiger partial charge on any atom is -0.277 e. The van der Waals surface area contributed by atoms with Gasteiger partial charge in [-0.1, -0.05) is 0 Å². The van der Waals surface area contributed by atoms with Gasteiger partial charge < -0.3 is 0 Å². The van der Waals surface area contributed by atoms with Crippen LogP contribution in [0.15, 0.2) is 0 Å². The molecule has 1 fully saturated rings. The molecule has 1 rings (SSSR count). The van der Waals surface area contributed by atoms with E-state index >= 15 is 0 Å². The van der Waals surface area contributed by atoms with Gasteiger partial charge in [0.2, 0.25) is 5.67 Å². The minimum absolute atomic E-state index is 0.109. The van der Waals surface area contributed by atoms with Gasteiger partial charge >= 0.3 is 6.11 Å². The minimum atomic E-state index is -4.48. The van der Waals surface area contributed by atoms with Crippen LogP contribution in [-0.4, -0.2) is 30.2 Å². The van der Waals surface area contributed by atoms with Gasteiger partial charge in [-0.2, -0.15) is 8.78 Å². The van der Waals surface area contributed by atoms with Gasteiger partial charge in [-0.15, -0.1) is 0 Å². The number of hydrogen-bond donors (Lipinski definition) is 0. The number of halogens is 7. The topological polar surface area (TPSA) is 9.23 Å². The van der Waals surface area contributed by atoms with Crippen molar-refractivity contribution in [3.8, 4) is 0 Å². The molecule has 0 amide bonds. The van der Waals surface area contributed by atoms with E-state index in [2.05, 4.69) is 4.74 Å². The quantitative estimate of drug-likeness (QED) is 0.674. The van der Waals surface area contributed by atoms with Crippen LogP contribution in [0, 0.1) is 0 Å². The van der Waals surface area contributed by atoms with E-state index in [4.69, 9.17) is 0 Å². The van der Waals surface area contributed by atoms with Gasteiger partial charge in [-0.05, 0) is 0 Å². The average Bonchev–Trinajstić information content (AvgIpc) is 2.18.